The van der Waals surface area contributed by atoms with Crippen LogP contribution in [-0.2, 0) is 11.2 Å². The molecule has 1 unspecified atom stereocenters. The number of hydrogen-bond acceptors (Lipinski definition) is 3. The molecule has 0 spiro atoms. The van der Waals surface area contributed by atoms with Crippen LogP contribution in [0.15, 0.2) is 18.2 Å². The first-order valence-corrected chi connectivity index (χ1v) is 7.50. The molecule has 0 saturated heterocycles. The molecule has 4 nitrogen and oxygen atoms in total. The van der Waals surface area contributed by atoms with Crippen molar-refractivity contribution in [2.45, 2.75) is 45.6 Å². The molecule has 21 heavy (non-hydrogen) atoms. The van der Waals surface area contributed by atoms with Crippen molar-refractivity contribution >= 4 is 5.91 Å². The van der Waals surface area contributed by atoms with E-state index in [9.17, 15) is 9.18 Å². The lowest BCUT2D eigenvalue weighted by atomic mass is 10.0. The maximum absolute atomic E-state index is 13.3. The summed E-state index contributed by atoms with van der Waals surface area (Å²) < 4.78 is 18.8. The van der Waals surface area contributed by atoms with Crippen LogP contribution in [0.5, 0.6) is 5.75 Å². The van der Waals surface area contributed by atoms with Crippen LogP contribution in [0.25, 0.3) is 0 Å². The predicted octanol–water partition coefficient (Wildman–Crippen LogP) is 2.40. The number of amides is 1. The van der Waals surface area contributed by atoms with Crippen LogP contribution in [0.1, 0.15) is 38.7 Å². The Labute approximate surface area is 125 Å². The molecule has 5 heteroatoms. The third kappa shape index (κ3) is 6.58. The van der Waals surface area contributed by atoms with Gasteiger partial charge in [-0.15, -0.1) is 0 Å². The molecule has 0 radical (unpaired) electrons. The van der Waals surface area contributed by atoms with E-state index >= 15 is 0 Å². The zero-order valence-electron chi connectivity index (χ0n) is 12.8. The molecule has 0 bridgehead atoms. The lowest BCUT2D eigenvalue weighted by molar-refractivity contribution is -0.123. The van der Waals surface area contributed by atoms with Gasteiger partial charge in [-0.2, -0.15) is 0 Å². The van der Waals surface area contributed by atoms with Gasteiger partial charge in [-0.25, -0.2) is 4.39 Å². The van der Waals surface area contributed by atoms with Crippen molar-refractivity contribution in [2.24, 2.45) is 5.73 Å². The van der Waals surface area contributed by atoms with E-state index < -0.39 is 0 Å². The molecular weight excluding hydrogens is 271 g/mol. The van der Waals surface area contributed by atoms with Gasteiger partial charge in [0.1, 0.15) is 11.6 Å². The van der Waals surface area contributed by atoms with E-state index in [0.29, 0.717) is 24.3 Å². The quantitative estimate of drug-likeness (QED) is 0.688. The fraction of sp³-hybridized carbons (Fsp3) is 0.562. The Morgan fingerprint density at radius 2 is 2.19 bits per heavy atom. The van der Waals surface area contributed by atoms with Crippen LogP contribution < -0.4 is 15.8 Å². The summed E-state index contributed by atoms with van der Waals surface area (Å²) in [5.74, 6) is 0.0255. The Morgan fingerprint density at radius 3 is 2.86 bits per heavy atom. The fourth-order valence-corrected chi connectivity index (χ4v) is 1.87. The first-order valence-electron chi connectivity index (χ1n) is 7.50. The molecule has 0 aromatic heterocycles. The standard InChI is InChI=1S/C16H25FN2O2/c1-3-5-8-19-16(20)11-21-15-7-6-13(17)9-12(15)10-14(18)4-2/h6-7,9,14H,3-5,8,10-11,18H2,1-2H3,(H,19,20). The highest BCUT2D eigenvalue weighted by Crippen LogP contribution is 2.21. The average Bonchev–Trinajstić information content (AvgIpc) is 2.46. The second kappa shape index (κ2) is 9.34. The zero-order chi connectivity index (χ0) is 15.7. The predicted molar refractivity (Wildman–Crippen MR) is 81.8 cm³/mol. The van der Waals surface area contributed by atoms with E-state index in [1.807, 2.05) is 6.92 Å². The van der Waals surface area contributed by atoms with Crippen LogP contribution in [0, 0.1) is 5.82 Å². The van der Waals surface area contributed by atoms with Crippen LogP contribution >= 0.6 is 0 Å². The minimum Gasteiger partial charge on any atom is -0.483 e. The van der Waals surface area contributed by atoms with E-state index in [-0.39, 0.29) is 24.4 Å². The molecule has 118 valence electrons. The number of carbonyl (C=O) groups is 1. The molecule has 0 aliphatic rings. The van der Waals surface area contributed by atoms with Gasteiger partial charge in [0.25, 0.3) is 5.91 Å². The van der Waals surface area contributed by atoms with Crippen LogP contribution in [0.2, 0.25) is 0 Å². The molecule has 1 aromatic carbocycles. The summed E-state index contributed by atoms with van der Waals surface area (Å²) in [6.07, 6.45) is 3.30. The van der Waals surface area contributed by atoms with Crippen molar-refractivity contribution < 1.29 is 13.9 Å². The molecule has 1 rings (SSSR count). The second-order valence-corrected chi connectivity index (χ2v) is 5.12. The van der Waals surface area contributed by atoms with Crippen molar-refractivity contribution in [2.75, 3.05) is 13.2 Å². The number of ether oxygens (including phenoxy) is 1. The smallest absolute Gasteiger partial charge is 0.257 e. The molecule has 3 N–H and O–H groups in total. The van der Waals surface area contributed by atoms with Gasteiger partial charge in [0, 0.05) is 12.6 Å². The van der Waals surface area contributed by atoms with E-state index in [4.69, 9.17) is 10.5 Å². The largest absolute Gasteiger partial charge is 0.483 e. The number of halogens is 1. The molecule has 0 fully saturated rings. The van der Waals surface area contributed by atoms with Gasteiger partial charge in [-0.1, -0.05) is 20.3 Å². The number of rotatable bonds is 9. The Kier molecular flexibility index (Phi) is 7.75. The summed E-state index contributed by atoms with van der Waals surface area (Å²) in [6.45, 7) is 4.62. The highest BCUT2D eigenvalue weighted by Gasteiger charge is 2.11. The molecule has 0 saturated carbocycles. The first-order chi connectivity index (χ1) is 10.1. The molecule has 1 aromatic rings. The van der Waals surface area contributed by atoms with Gasteiger partial charge in [0.05, 0.1) is 0 Å². The summed E-state index contributed by atoms with van der Waals surface area (Å²) in [5.41, 5.74) is 6.60. The number of unbranched alkanes of at least 4 members (excludes halogenated alkanes) is 1. The monoisotopic (exact) mass is 296 g/mol. The van der Waals surface area contributed by atoms with Gasteiger partial charge in [0.2, 0.25) is 0 Å². The first kappa shape index (κ1) is 17.4. The van der Waals surface area contributed by atoms with Gasteiger partial charge < -0.3 is 15.8 Å². The molecule has 0 aliphatic carbocycles. The van der Waals surface area contributed by atoms with Crippen LogP contribution in [0.4, 0.5) is 4.39 Å². The van der Waals surface area contributed by atoms with E-state index in [2.05, 4.69) is 12.2 Å². The maximum Gasteiger partial charge on any atom is 0.257 e. The summed E-state index contributed by atoms with van der Waals surface area (Å²) in [4.78, 5) is 11.6. The number of carbonyl (C=O) groups excluding carboxylic acids is 1. The Morgan fingerprint density at radius 1 is 1.43 bits per heavy atom. The molecule has 0 heterocycles. The van der Waals surface area contributed by atoms with Crippen molar-refractivity contribution in [1.82, 2.24) is 5.32 Å². The van der Waals surface area contributed by atoms with Gasteiger partial charge in [-0.05, 0) is 43.0 Å². The lowest BCUT2D eigenvalue weighted by Gasteiger charge is -2.14. The Hall–Kier alpha value is -1.62. The zero-order valence-corrected chi connectivity index (χ0v) is 12.8. The summed E-state index contributed by atoms with van der Waals surface area (Å²) >= 11 is 0. The minimum atomic E-state index is -0.326. The third-order valence-electron chi connectivity index (χ3n) is 3.24. The number of hydrogen-bond donors (Lipinski definition) is 2. The average molecular weight is 296 g/mol. The SMILES string of the molecule is CCCCNC(=O)COc1ccc(F)cc1CC(N)CC. The number of benzene rings is 1. The van der Waals surface area contributed by atoms with Crippen LogP contribution in [-0.4, -0.2) is 25.1 Å². The van der Waals surface area contributed by atoms with Crippen molar-refractivity contribution in [1.29, 1.82) is 0 Å². The summed E-state index contributed by atoms with van der Waals surface area (Å²) in [7, 11) is 0. The summed E-state index contributed by atoms with van der Waals surface area (Å²) in [5, 5.41) is 2.77. The van der Waals surface area contributed by atoms with Gasteiger partial charge >= 0.3 is 0 Å². The highest BCUT2D eigenvalue weighted by molar-refractivity contribution is 5.77. The molecular formula is C16H25FN2O2. The normalized spacial score (nSPS) is 12.0. The van der Waals surface area contributed by atoms with E-state index in [1.165, 1.54) is 12.1 Å². The number of nitrogens with one attached hydrogen (secondary N) is 1. The molecule has 0 aliphatic heterocycles. The Bertz CT molecular complexity index is 452. The second-order valence-electron chi connectivity index (χ2n) is 5.12. The van der Waals surface area contributed by atoms with Crippen LogP contribution in [0.3, 0.4) is 0 Å². The topological polar surface area (TPSA) is 64.3 Å². The van der Waals surface area contributed by atoms with Crippen molar-refractivity contribution in [3.05, 3.63) is 29.6 Å². The fourth-order valence-electron chi connectivity index (χ4n) is 1.87. The molecule has 1 atom stereocenters. The summed E-state index contributed by atoms with van der Waals surface area (Å²) in [6, 6.07) is 4.24. The van der Waals surface area contributed by atoms with Crippen molar-refractivity contribution in [3.63, 3.8) is 0 Å². The minimum absolute atomic E-state index is 0.0486. The molecule has 1 amide bonds. The lowest BCUT2D eigenvalue weighted by Crippen LogP contribution is -2.30. The van der Waals surface area contributed by atoms with Gasteiger partial charge in [-0.3, -0.25) is 4.79 Å². The number of nitrogens with two attached hydrogens (primary N) is 1. The third-order valence-corrected chi connectivity index (χ3v) is 3.24. The van der Waals surface area contributed by atoms with Gasteiger partial charge in [0.15, 0.2) is 6.61 Å². The highest BCUT2D eigenvalue weighted by atomic mass is 19.1. The van der Waals surface area contributed by atoms with E-state index in [1.54, 1.807) is 6.07 Å². The van der Waals surface area contributed by atoms with E-state index in [0.717, 1.165) is 19.3 Å². The maximum atomic E-state index is 13.3. The van der Waals surface area contributed by atoms with Crippen molar-refractivity contribution in [3.8, 4) is 5.75 Å². The Balaban J connectivity index is 2.59.